The summed E-state index contributed by atoms with van der Waals surface area (Å²) < 4.78 is 24.5. The molecular formula is C7H14F2N2O2. The second-order valence-corrected chi connectivity index (χ2v) is 2.85. The second kappa shape index (κ2) is 5.08. The van der Waals surface area contributed by atoms with Crippen molar-refractivity contribution in [1.29, 1.82) is 0 Å². The predicted molar refractivity (Wildman–Crippen MR) is 43.7 cm³/mol. The number of halogens is 2. The lowest BCUT2D eigenvalue weighted by atomic mass is 9.95. The topological polar surface area (TPSA) is 75.3 Å². The Balaban J connectivity index is 4.17. The maximum Gasteiger partial charge on any atom is 0.329 e. The highest BCUT2D eigenvalue weighted by molar-refractivity contribution is 5.79. The molecule has 0 radical (unpaired) electrons. The number of hydrogen-bond donors (Lipinski definition) is 3. The first-order valence-corrected chi connectivity index (χ1v) is 3.90. The van der Waals surface area contributed by atoms with Crippen LogP contribution in [0.2, 0.25) is 0 Å². The van der Waals surface area contributed by atoms with E-state index in [1.807, 2.05) is 0 Å². The Labute approximate surface area is 75.1 Å². The fourth-order valence-corrected chi connectivity index (χ4v) is 0.867. The van der Waals surface area contributed by atoms with Gasteiger partial charge in [0.05, 0.1) is 0 Å². The summed E-state index contributed by atoms with van der Waals surface area (Å²) in [4.78, 5) is 10.4. The van der Waals surface area contributed by atoms with Gasteiger partial charge in [0.2, 0.25) is 0 Å². The third kappa shape index (κ3) is 3.23. The minimum atomic E-state index is -3.04. The van der Waals surface area contributed by atoms with Crippen molar-refractivity contribution in [3.63, 3.8) is 0 Å². The van der Waals surface area contributed by atoms with Gasteiger partial charge < -0.3 is 16.2 Å². The first-order valence-electron chi connectivity index (χ1n) is 3.90. The molecule has 0 rings (SSSR count). The average molecular weight is 196 g/mol. The highest BCUT2D eigenvalue weighted by Gasteiger charge is 2.43. The van der Waals surface area contributed by atoms with Gasteiger partial charge in [-0.25, -0.2) is 13.6 Å². The van der Waals surface area contributed by atoms with E-state index in [1.165, 1.54) is 0 Å². The lowest BCUT2D eigenvalue weighted by Crippen LogP contribution is -2.54. The zero-order valence-corrected chi connectivity index (χ0v) is 7.39. The van der Waals surface area contributed by atoms with Gasteiger partial charge in [-0.1, -0.05) is 0 Å². The van der Waals surface area contributed by atoms with Crippen molar-refractivity contribution < 1.29 is 18.7 Å². The van der Waals surface area contributed by atoms with E-state index >= 15 is 0 Å². The van der Waals surface area contributed by atoms with Crippen LogP contribution in [-0.2, 0) is 4.79 Å². The maximum atomic E-state index is 12.2. The van der Waals surface area contributed by atoms with E-state index in [2.05, 4.69) is 5.32 Å². The molecule has 0 spiro atoms. The minimum Gasteiger partial charge on any atom is -0.480 e. The zero-order valence-electron chi connectivity index (χ0n) is 7.39. The van der Waals surface area contributed by atoms with E-state index < -0.39 is 17.9 Å². The fraction of sp³-hybridized carbons (Fsp3) is 0.857. The van der Waals surface area contributed by atoms with E-state index in [-0.39, 0.29) is 6.42 Å². The number of carbonyl (C=O) groups is 1. The third-order valence-electron chi connectivity index (χ3n) is 1.80. The van der Waals surface area contributed by atoms with Crippen LogP contribution in [0.1, 0.15) is 12.8 Å². The van der Waals surface area contributed by atoms with Gasteiger partial charge in [0.25, 0.3) is 6.43 Å². The molecule has 0 heterocycles. The van der Waals surface area contributed by atoms with Gasteiger partial charge in [0, 0.05) is 0 Å². The minimum absolute atomic E-state index is 0.235. The molecule has 0 aromatic carbocycles. The molecule has 0 aliphatic rings. The number of carboxylic acid groups (broad SMARTS) is 1. The van der Waals surface area contributed by atoms with Gasteiger partial charge in [0.1, 0.15) is 0 Å². The summed E-state index contributed by atoms with van der Waals surface area (Å²) in [5.74, 6) is -1.65. The number of hydrogen-bond acceptors (Lipinski definition) is 3. The van der Waals surface area contributed by atoms with Gasteiger partial charge in [-0.2, -0.15) is 0 Å². The SMILES string of the molecule is CNCCCC(N)(C(=O)O)C(F)F. The molecule has 0 bridgehead atoms. The maximum absolute atomic E-state index is 12.2. The van der Waals surface area contributed by atoms with Crippen molar-refractivity contribution in [3.05, 3.63) is 0 Å². The standard InChI is InChI=1S/C7H14F2N2O2/c1-11-4-2-3-7(10,5(8)9)6(12)13/h5,11H,2-4,10H2,1H3,(H,12,13). The molecule has 4 nitrogen and oxygen atoms in total. The first-order chi connectivity index (χ1) is 5.95. The molecule has 1 unspecified atom stereocenters. The summed E-state index contributed by atoms with van der Waals surface area (Å²) in [6.07, 6.45) is -2.97. The lowest BCUT2D eigenvalue weighted by Gasteiger charge is -2.23. The highest BCUT2D eigenvalue weighted by atomic mass is 19.3. The summed E-state index contributed by atoms with van der Waals surface area (Å²) in [7, 11) is 1.65. The van der Waals surface area contributed by atoms with E-state index in [0.717, 1.165) is 0 Å². The Morgan fingerprint density at radius 3 is 2.54 bits per heavy atom. The normalized spacial score (nSPS) is 15.8. The number of nitrogens with two attached hydrogens (primary N) is 1. The molecule has 0 aromatic heterocycles. The molecule has 13 heavy (non-hydrogen) atoms. The highest BCUT2D eigenvalue weighted by Crippen LogP contribution is 2.18. The van der Waals surface area contributed by atoms with E-state index in [0.29, 0.717) is 13.0 Å². The number of carboxylic acids is 1. The van der Waals surface area contributed by atoms with Crippen LogP contribution in [0.4, 0.5) is 8.78 Å². The van der Waals surface area contributed by atoms with Crippen molar-refractivity contribution >= 4 is 5.97 Å². The predicted octanol–water partition coefficient (Wildman–Crippen LogP) is 0.0332. The third-order valence-corrected chi connectivity index (χ3v) is 1.80. The van der Waals surface area contributed by atoms with Crippen LogP contribution in [0.25, 0.3) is 0 Å². The fourth-order valence-electron chi connectivity index (χ4n) is 0.867. The van der Waals surface area contributed by atoms with Gasteiger partial charge in [-0.3, -0.25) is 0 Å². The van der Waals surface area contributed by atoms with Crippen LogP contribution in [-0.4, -0.2) is 36.6 Å². The van der Waals surface area contributed by atoms with Crippen molar-refractivity contribution in [2.24, 2.45) is 5.73 Å². The van der Waals surface area contributed by atoms with Gasteiger partial charge in [0.15, 0.2) is 5.54 Å². The molecule has 0 aliphatic heterocycles. The van der Waals surface area contributed by atoms with Crippen LogP contribution < -0.4 is 11.1 Å². The van der Waals surface area contributed by atoms with Crippen molar-refractivity contribution in [1.82, 2.24) is 5.32 Å². The Morgan fingerprint density at radius 1 is 1.69 bits per heavy atom. The summed E-state index contributed by atoms with van der Waals surface area (Å²) in [5, 5.41) is 11.2. The lowest BCUT2D eigenvalue weighted by molar-refractivity contribution is -0.150. The molecule has 1 atom stereocenters. The number of nitrogens with one attached hydrogen (secondary N) is 1. The molecule has 0 saturated heterocycles. The molecule has 4 N–H and O–H groups in total. The van der Waals surface area contributed by atoms with E-state index in [1.54, 1.807) is 7.05 Å². The van der Waals surface area contributed by atoms with Crippen LogP contribution in [0.3, 0.4) is 0 Å². The van der Waals surface area contributed by atoms with Crippen molar-refractivity contribution in [2.45, 2.75) is 24.8 Å². The molecular weight excluding hydrogens is 182 g/mol. The average Bonchev–Trinajstić information content (AvgIpc) is 2.03. The smallest absolute Gasteiger partial charge is 0.329 e. The van der Waals surface area contributed by atoms with Gasteiger partial charge in [-0.05, 0) is 26.4 Å². The molecule has 0 saturated carbocycles. The first kappa shape index (κ1) is 12.2. The Kier molecular flexibility index (Phi) is 4.79. The van der Waals surface area contributed by atoms with Crippen LogP contribution in [0, 0.1) is 0 Å². The summed E-state index contributed by atoms with van der Waals surface area (Å²) in [6, 6.07) is 0. The van der Waals surface area contributed by atoms with E-state index in [4.69, 9.17) is 10.8 Å². The molecule has 0 aliphatic carbocycles. The molecule has 0 aromatic rings. The summed E-state index contributed by atoms with van der Waals surface area (Å²) in [6.45, 7) is 0.471. The molecule has 6 heteroatoms. The molecule has 0 fully saturated rings. The number of aliphatic carboxylic acids is 1. The number of alkyl halides is 2. The summed E-state index contributed by atoms with van der Waals surface area (Å²) >= 11 is 0. The van der Waals surface area contributed by atoms with Gasteiger partial charge in [-0.15, -0.1) is 0 Å². The largest absolute Gasteiger partial charge is 0.480 e. The van der Waals surface area contributed by atoms with Crippen molar-refractivity contribution in [3.8, 4) is 0 Å². The van der Waals surface area contributed by atoms with Gasteiger partial charge >= 0.3 is 5.97 Å². The molecule has 78 valence electrons. The second-order valence-electron chi connectivity index (χ2n) is 2.85. The van der Waals surface area contributed by atoms with Crippen molar-refractivity contribution in [2.75, 3.05) is 13.6 Å². The zero-order chi connectivity index (χ0) is 10.5. The Bertz CT molecular complexity index is 178. The monoisotopic (exact) mass is 196 g/mol. The summed E-state index contributed by atoms with van der Waals surface area (Å²) in [5.41, 5.74) is 2.64. The van der Waals surface area contributed by atoms with Crippen LogP contribution in [0.5, 0.6) is 0 Å². The van der Waals surface area contributed by atoms with Crippen LogP contribution >= 0.6 is 0 Å². The number of rotatable bonds is 6. The Morgan fingerprint density at radius 2 is 2.23 bits per heavy atom. The van der Waals surface area contributed by atoms with E-state index in [9.17, 15) is 13.6 Å². The van der Waals surface area contributed by atoms with Crippen LogP contribution in [0.15, 0.2) is 0 Å². The molecule has 0 amide bonds. The Hall–Kier alpha value is -0.750. The quantitative estimate of drug-likeness (QED) is 0.524.